The lowest BCUT2D eigenvalue weighted by Gasteiger charge is -2.16. The van der Waals surface area contributed by atoms with Crippen molar-refractivity contribution in [2.75, 3.05) is 19.8 Å². The molecule has 0 bridgehead atoms. The van der Waals surface area contributed by atoms with Gasteiger partial charge in [0.2, 0.25) is 10.0 Å². The first-order chi connectivity index (χ1) is 13.3. The number of nitrogens with one attached hydrogen (secondary N) is 1. The number of benzene rings is 2. The quantitative estimate of drug-likeness (QED) is 0.612. The Kier molecular flexibility index (Phi) is 7.60. The van der Waals surface area contributed by atoms with Crippen LogP contribution in [-0.4, -0.2) is 34.0 Å². The molecule has 0 atom stereocenters. The van der Waals surface area contributed by atoms with Crippen LogP contribution in [0.15, 0.2) is 41.3 Å². The van der Waals surface area contributed by atoms with Crippen molar-refractivity contribution in [3.05, 3.63) is 53.1 Å². The summed E-state index contributed by atoms with van der Waals surface area (Å²) in [7, 11) is -3.61. The van der Waals surface area contributed by atoms with Crippen LogP contribution in [0.4, 0.5) is 0 Å². The van der Waals surface area contributed by atoms with Crippen molar-refractivity contribution in [2.24, 2.45) is 0 Å². The van der Waals surface area contributed by atoms with Crippen molar-refractivity contribution in [1.82, 2.24) is 4.72 Å². The number of rotatable bonds is 10. The van der Waals surface area contributed by atoms with Crippen LogP contribution < -0.4 is 14.2 Å². The van der Waals surface area contributed by atoms with E-state index in [0.29, 0.717) is 42.3 Å². The SMILES string of the molecule is CCOc1cc(CCNS(=O)(=O)c2ccc(C)cc2)c(C(C)=O)cc1OCC. The Morgan fingerprint density at radius 2 is 1.57 bits per heavy atom. The van der Waals surface area contributed by atoms with Gasteiger partial charge in [-0.2, -0.15) is 0 Å². The number of sulfonamides is 1. The molecule has 0 aliphatic carbocycles. The molecule has 0 aromatic heterocycles. The molecule has 0 saturated heterocycles. The fraction of sp³-hybridized carbons (Fsp3) is 0.381. The zero-order chi connectivity index (χ0) is 20.7. The Morgan fingerprint density at radius 1 is 1.00 bits per heavy atom. The smallest absolute Gasteiger partial charge is 0.240 e. The van der Waals surface area contributed by atoms with E-state index in [1.54, 1.807) is 36.4 Å². The van der Waals surface area contributed by atoms with Crippen LogP contribution in [0, 0.1) is 6.92 Å². The summed E-state index contributed by atoms with van der Waals surface area (Å²) in [5.41, 5.74) is 2.20. The zero-order valence-corrected chi connectivity index (χ0v) is 17.6. The third-order valence-corrected chi connectivity index (χ3v) is 5.64. The highest BCUT2D eigenvalue weighted by Gasteiger charge is 2.17. The Balaban J connectivity index is 2.21. The highest BCUT2D eigenvalue weighted by molar-refractivity contribution is 7.89. The number of ether oxygens (including phenoxy) is 2. The molecule has 0 spiro atoms. The molecule has 0 amide bonds. The second-order valence-corrected chi connectivity index (χ2v) is 8.11. The lowest BCUT2D eigenvalue weighted by molar-refractivity contribution is 0.101. The number of Topliss-reactive ketones (excluding diaryl/α,β-unsaturated/α-hetero) is 1. The van der Waals surface area contributed by atoms with Gasteiger partial charge in [-0.05, 0) is 63.9 Å². The summed E-state index contributed by atoms with van der Waals surface area (Å²) < 4.78 is 38.7. The third-order valence-electron chi connectivity index (χ3n) is 4.17. The molecule has 2 rings (SSSR count). The van der Waals surface area contributed by atoms with Gasteiger partial charge in [0.15, 0.2) is 17.3 Å². The van der Waals surface area contributed by atoms with Crippen molar-refractivity contribution in [3.8, 4) is 11.5 Å². The van der Waals surface area contributed by atoms with Crippen LogP contribution in [0.1, 0.15) is 42.3 Å². The van der Waals surface area contributed by atoms with Crippen molar-refractivity contribution < 1.29 is 22.7 Å². The first kappa shape index (κ1) is 21.9. The number of aryl methyl sites for hydroxylation is 1. The summed E-state index contributed by atoms with van der Waals surface area (Å²) in [6.45, 7) is 8.17. The molecule has 2 aromatic rings. The summed E-state index contributed by atoms with van der Waals surface area (Å²) in [6, 6.07) is 10.1. The largest absolute Gasteiger partial charge is 0.490 e. The van der Waals surface area contributed by atoms with E-state index >= 15 is 0 Å². The van der Waals surface area contributed by atoms with Crippen LogP contribution in [-0.2, 0) is 16.4 Å². The first-order valence-electron chi connectivity index (χ1n) is 9.28. The van der Waals surface area contributed by atoms with Gasteiger partial charge in [-0.1, -0.05) is 17.7 Å². The first-order valence-corrected chi connectivity index (χ1v) is 10.8. The minimum absolute atomic E-state index is 0.111. The number of ketones is 1. The van der Waals surface area contributed by atoms with Crippen molar-refractivity contribution in [3.63, 3.8) is 0 Å². The van der Waals surface area contributed by atoms with Crippen molar-refractivity contribution in [2.45, 2.75) is 39.0 Å². The van der Waals surface area contributed by atoms with Crippen LogP contribution >= 0.6 is 0 Å². The van der Waals surface area contributed by atoms with E-state index in [0.717, 1.165) is 5.56 Å². The molecule has 0 saturated carbocycles. The van der Waals surface area contributed by atoms with Gasteiger partial charge in [0.1, 0.15) is 0 Å². The number of hydrogen-bond acceptors (Lipinski definition) is 5. The zero-order valence-electron chi connectivity index (χ0n) is 16.7. The molecule has 7 heteroatoms. The molecular formula is C21H27NO5S. The monoisotopic (exact) mass is 405 g/mol. The van der Waals surface area contributed by atoms with E-state index in [-0.39, 0.29) is 17.2 Å². The summed E-state index contributed by atoms with van der Waals surface area (Å²) in [6.07, 6.45) is 0.354. The Morgan fingerprint density at radius 3 is 2.11 bits per heavy atom. The van der Waals surface area contributed by atoms with Crippen LogP contribution in [0.5, 0.6) is 11.5 Å². The van der Waals surface area contributed by atoms with Gasteiger partial charge < -0.3 is 9.47 Å². The molecule has 0 aliphatic rings. The maximum absolute atomic E-state index is 12.4. The summed E-state index contributed by atoms with van der Waals surface area (Å²) in [5, 5.41) is 0. The lowest BCUT2D eigenvalue weighted by Crippen LogP contribution is -2.26. The molecule has 152 valence electrons. The molecule has 6 nitrogen and oxygen atoms in total. The van der Waals surface area contributed by atoms with Crippen molar-refractivity contribution >= 4 is 15.8 Å². The molecule has 0 aliphatic heterocycles. The second kappa shape index (κ2) is 9.71. The summed E-state index contributed by atoms with van der Waals surface area (Å²) >= 11 is 0. The predicted octanol–water partition coefficient (Wildman–Crippen LogP) is 3.52. The minimum atomic E-state index is -3.61. The minimum Gasteiger partial charge on any atom is -0.490 e. The highest BCUT2D eigenvalue weighted by atomic mass is 32.2. The van der Waals surface area contributed by atoms with E-state index in [4.69, 9.17) is 9.47 Å². The average Bonchev–Trinajstić information content (AvgIpc) is 2.64. The number of carbonyl (C=O) groups is 1. The average molecular weight is 406 g/mol. The van der Waals surface area contributed by atoms with Gasteiger partial charge in [0.05, 0.1) is 18.1 Å². The topological polar surface area (TPSA) is 81.7 Å². The number of hydrogen-bond donors (Lipinski definition) is 1. The van der Waals surface area contributed by atoms with Crippen LogP contribution in [0.3, 0.4) is 0 Å². The van der Waals surface area contributed by atoms with E-state index in [2.05, 4.69) is 4.72 Å². The van der Waals surface area contributed by atoms with Crippen molar-refractivity contribution in [1.29, 1.82) is 0 Å². The fourth-order valence-electron chi connectivity index (χ4n) is 2.79. The normalized spacial score (nSPS) is 11.3. The molecule has 2 aromatic carbocycles. The third kappa shape index (κ3) is 5.56. The molecular weight excluding hydrogens is 378 g/mol. The van der Waals surface area contributed by atoms with E-state index in [1.807, 2.05) is 20.8 Å². The maximum atomic E-state index is 12.4. The molecule has 0 heterocycles. The Labute approximate surface area is 166 Å². The maximum Gasteiger partial charge on any atom is 0.240 e. The second-order valence-electron chi connectivity index (χ2n) is 6.34. The van der Waals surface area contributed by atoms with Gasteiger partial charge in [-0.3, -0.25) is 4.79 Å². The standard InChI is InChI=1S/C21H27NO5S/c1-5-26-20-13-17(19(16(4)23)14-21(20)27-6-2)11-12-22-28(24,25)18-9-7-15(3)8-10-18/h7-10,13-14,22H,5-6,11-12H2,1-4H3. The highest BCUT2D eigenvalue weighted by Crippen LogP contribution is 2.32. The van der Waals surface area contributed by atoms with E-state index in [9.17, 15) is 13.2 Å². The van der Waals surface area contributed by atoms with Gasteiger partial charge in [-0.15, -0.1) is 0 Å². The van der Waals surface area contributed by atoms with Gasteiger partial charge in [0.25, 0.3) is 0 Å². The van der Waals surface area contributed by atoms with E-state index < -0.39 is 10.0 Å². The molecule has 0 fully saturated rings. The summed E-state index contributed by atoms with van der Waals surface area (Å²) in [5.74, 6) is 0.949. The molecule has 1 N–H and O–H groups in total. The van der Waals surface area contributed by atoms with E-state index in [1.165, 1.54) is 6.92 Å². The van der Waals surface area contributed by atoms with Gasteiger partial charge in [-0.25, -0.2) is 13.1 Å². The lowest BCUT2D eigenvalue weighted by atomic mass is 10.0. The van der Waals surface area contributed by atoms with Crippen LogP contribution in [0.25, 0.3) is 0 Å². The molecule has 28 heavy (non-hydrogen) atoms. The summed E-state index contributed by atoms with van der Waals surface area (Å²) in [4.78, 5) is 12.3. The van der Waals surface area contributed by atoms with Crippen LogP contribution in [0.2, 0.25) is 0 Å². The fourth-order valence-corrected chi connectivity index (χ4v) is 3.83. The van der Waals surface area contributed by atoms with Gasteiger partial charge >= 0.3 is 0 Å². The Hall–Kier alpha value is -2.38. The number of carbonyl (C=O) groups excluding carboxylic acids is 1. The molecule has 0 radical (unpaired) electrons. The predicted molar refractivity (Wildman–Crippen MR) is 109 cm³/mol. The molecule has 0 unspecified atom stereocenters. The Bertz CT molecular complexity index is 921. The van der Waals surface area contributed by atoms with Gasteiger partial charge in [0, 0.05) is 12.1 Å².